The summed E-state index contributed by atoms with van der Waals surface area (Å²) in [6.45, 7) is 5.69. The molecule has 0 aromatic heterocycles. The van der Waals surface area contributed by atoms with Crippen molar-refractivity contribution in [2.75, 3.05) is 24.7 Å². The molecule has 4 aliphatic rings. The maximum absolute atomic E-state index is 14.5. The fourth-order valence-electron chi connectivity index (χ4n) is 6.71. The van der Waals surface area contributed by atoms with Gasteiger partial charge in [-0.05, 0) is 51.2 Å². The number of rotatable bonds is 4. The molecule has 0 aliphatic carbocycles. The van der Waals surface area contributed by atoms with Gasteiger partial charge in [0, 0.05) is 6.54 Å². The molecular weight excluding hydrogens is 508 g/mol. The number of hydrogen-bond acceptors (Lipinski definition) is 6. The highest BCUT2D eigenvalue weighted by Gasteiger charge is 2.75. The number of halogens is 1. The second-order valence-electron chi connectivity index (χ2n) is 10.8. The van der Waals surface area contributed by atoms with Gasteiger partial charge in [0.15, 0.2) is 0 Å². The van der Waals surface area contributed by atoms with Crippen LogP contribution in [-0.4, -0.2) is 70.8 Å². The number of carbonyl (C=O) groups is 3. The molecule has 8 nitrogen and oxygen atoms in total. The number of para-hydroxylation sites is 1. The monoisotopic (exact) mass is 542 g/mol. The van der Waals surface area contributed by atoms with E-state index >= 15 is 0 Å². The standard InChI is InChI=1S/C29H35ClN2O6/c1-4-19(17-33)32-24-26(35)31(23-18(2)11-9-12-20(23)30)15-10-14-29(24)21(25(32)34)22-27(36)37-16-8-6-5-7-13-28(22,3)38-29/h7,9-14,19,21-22,24,33H,4-6,8,15-17H2,1-3H3/b13-7-/t19-,21-,22+,24?,28-,29-/m0/s1. The summed E-state index contributed by atoms with van der Waals surface area (Å²) in [5.74, 6) is -3.18. The molecule has 5 rings (SSSR count). The lowest BCUT2D eigenvalue weighted by molar-refractivity contribution is -0.160. The third kappa shape index (κ3) is 4.00. The summed E-state index contributed by atoms with van der Waals surface area (Å²) < 4.78 is 12.5. The fraction of sp³-hybridized carbons (Fsp3) is 0.552. The van der Waals surface area contributed by atoms with Gasteiger partial charge in [-0.3, -0.25) is 14.4 Å². The second kappa shape index (κ2) is 10.1. The molecule has 0 bridgehead atoms. The number of likely N-dealkylation sites (tertiary alicyclic amines) is 1. The number of cyclic esters (lactones) is 1. The molecule has 9 heteroatoms. The topological polar surface area (TPSA) is 96.4 Å². The summed E-state index contributed by atoms with van der Waals surface area (Å²) in [5.41, 5.74) is -1.19. The Labute approximate surface area is 228 Å². The van der Waals surface area contributed by atoms with Crippen molar-refractivity contribution >= 4 is 35.1 Å². The van der Waals surface area contributed by atoms with E-state index in [1.165, 1.54) is 4.90 Å². The largest absolute Gasteiger partial charge is 0.465 e. The smallest absolute Gasteiger partial charge is 0.313 e. The van der Waals surface area contributed by atoms with Gasteiger partial charge in [0.05, 0.1) is 41.5 Å². The van der Waals surface area contributed by atoms with Gasteiger partial charge >= 0.3 is 5.97 Å². The molecule has 1 aromatic rings. The molecule has 2 saturated heterocycles. The first-order valence-electron chi connectivity index (χ1n) is 13.4. The number of ether oxygens (including phenoxy) is 2. The number of nitrogens with zero attached hydrogens (tertiary/aromatic N) is 2. The number of esters is 1. The zero-order valence-corrected chi connectivity index (χ0v) is 22.8. The van der Waals surface area contributed by atoms with Crippen molar-refractivity contribution in [3.05, 3.63) is 53.1 Å². The van der Waals surface area contributed by atoms with Gasteiger partial charge in [-0.15, -0.1) is 0 Å². The van der Waals surface area contributed by atoms with Crippen molar-refractivity contribution < 1.29 is 29.0 Å². The normalized spacial score (nSPS) is 34.8. The Morgan fingerprint density at radius 3 is 2.63 bits per heavy atom. The van der Waals surface area contributed by atoms with Crippen molar-refractivity contribution in [2.24, 2.45) is 11.8 Å². The zero-order valence-electron chi connectivity index (χ0n) is 22.1. The lowest BCUT2D eigenvalue weighted by atomic mass is 9.74. The Morgan fingerprint density at radius 1 is 1.13 bits per heavy atom. The number of anilines is 1. The number of aliphatic hydroxyl groups excluding tert-OH is 1. The van der Waals surface area contributed by atoms with E-state index in [2.05, 4.69) is 0 Å². The quantitative estimate of drug-likeness (QED) is 0.461. The molecule has 6 atom stereocenters. The van der Waals surface area contributed by atoms with Gasteiger partial charge < -0.3 is 24.4 Å². The Hall–Kier alpha value is -2.68. The first kappa shape index (κ1) is 26.9. The molecule has 0 saturated carbocycles. The average molecular weight is 543 g/mol. The van der Waals surface area contributed by atoms with Gasteiger partial charge in [-0.1, -0.05) is 55.0 Å². The number of carbonyl (C=O) groups excluding carboxylic acids is 3. The van der Waals surface area contributed by atoms with E-state index in [1.54, 1.807) is 24.0 Å². The average Bonchev–Trinajstić information content (AvgIpc) is 3.21. The third-order valence-corrected chi connectivity index (χ3v) is 8.78. The van der Waals surface area contributed by atoms with Crippen molar-refractivity contribution in [3.8, 4) is 0 Å². The summed E-state index contributed by atoms with van der Waals surface area (Å²) in [4.78, 5) is 45.4. The summed E-state index contributed by atoms with van der Waals surface area (Å²) in [6, 6.07) is 3.71. The highest BCUT2D eigenvalue weighted by Crippen LogP contribution is 2.57. The van der Waals surface area contributed by atoms with E-state index in [0.717, 1.165) is 24.8 Å². The van der Waals surface area contributed by atoms with Crippen LogP contribution in [0.15, 0.2) is 42.5 Å². The van der Waals surface area contributed by atoms with Gasteiger partial charge in [-0.25, -0.2) is 0 Å². The number of aliphatic hydroxyl groups is 1. The van der Waals surface area contributed by atoms with Crippen LogP contribution in [0.5, 0.6) is 0 Å². The van der Waals surface area contributed by atoms with Crippen molar-refractivity contribution in [1.82, 2.24) is 4.90 Å². The Bertz CT molecular complexity index is 1180. The maximum atomic E-state index is 14.5. The minimum Gasteiger partial charge on any atom is -0.465 e. The van der Waals surface area contributed by atoms with Crippen LogP contribution in [0.2, 0.25) is 5.02 Å². The number of amides is 2. The maximum Gasteiger partial charge on any atom is 0.313 e. The van der Waals surface area contributed by atoms with E-state index in [0.29, 0.717) is 17.1 Å². The van der Waals surface area contributed by atoms with Crippen LogP contribution in [0.3, 0.4) is 0 Å². The first-order valence-corrected chi connectivity index (χ1v) is 13.8. The minimum atomic E-state index is -1.42. The van der Waals surface area contributed by atoms with Crippen molar-refractivity contribution in [3.63, 3.8) is 0 Å². The van der Waals surface area contributed by atoms with Crippen LogP contribution >= 0.6 is 11.6 Å². The highest BCUT2D eigenvalue weighted by molar-refractivity contribution is 6.34. The molecule has 204 valence electrons. The molecule has 1 unspecified atom stereocenters. The SMILES string of the molecule is CC[C@@H](CO)N1C(=O)[C@@H]2[C@@H]3C(=O)OCCCC/C=C\[C@]3(C)O[C@@]23C=CCN(c2c(C)cccc2Cl)C(=O)C13. The fourth-order valence-corrected chi connectivity index (χ4v) is 7.03. The summed E-state index contributed by atoms with van der Waals surface area (Å²) >= 11 is 6.58. The highest BCUT2D eigenvalue weighted by atomic mass is 35.5. The molecule has 1 spiro atoms. The van der Waals surface area contributed by atoms with E-state index in [1.807, 2.05) is 44.2 Å². The Morgan fingerprint density at radius 2 is 1.92 bits per heavy atom. The van der Waals surface area contributed by atoms with Crippen LogP contribution in [-0.2, 0) is 23.9 Å². The predicted molar refractivity (Wildman–Crippen MR) is 143 cm³/mol. The Balaban J connectivity index is 1.69. The molecule has 2 fully saturated rings. The minimum absolute atomic E-state index is 0.220. The van der Waals surface area contributed by atoms with Crippen molar-refractivity contribution in [1.29, 1.82) is 0 Å². The van der Waals surface area contributed by atoms with Crippen LogP contribution in [0.1, 0.15) is 45.1 Å². The van der Waals surface area contributed by atoms with Gasteiger partial charge in [0.25, 0.3) is 5.91 Å². The van der Waals surface area contributed by atoms with Crippen LogP contribution in [0.25, 0.3) is 0 Å². The van der Waals surface area contributed by atoms with Gasteiger partial charge in [0.1, 0.15) is 17.6 Å². The van der Waals surface area contributed by atoms with E-state index in [4.69, 9.17) is 21.1 Å². The van der Waals surface area contributed by atoms with Crippen molar-refractivity contribution in [2.45, 2.75) is 69.7 Å². The second-order valence-corrected chi connectivity index (χ2v) is 11.2. The number of allylic oxidation sites excluding steroid dienone is 1. The van der Waals surface area contributed by atoms with E-state index < -0.39 is 41.1 Å². The first-order chi connectivity index (χ1) is 18.2. The molecule has 1 N–H and O–H groups in total. The Kier molecular flexibility index (Phi) is 7.18. The number of fused-ring (bicyclic) bond motifs is 2. The molecular formula is C29H35ClN2O6. The third-order valence-electron chi connectivity index (χ3n) is 8.47. The number of hydrogen-bond donors (Lipinski definition) is 1. The zero-order chi connectivity index (χ0) is 27.2. The lowest BCUT2D eigenvalue weighted by Gasteiger charge is -2.40. The van der Waals surface area contributed by atoms with Gasteiger partial charge in [-0.2, -0.15) is 0 Å². The van der Waals surface area contributed by atoms with Gasteiger partial charge in [0.2, 0.25) is 5.91 Å². The number of aryl methyl sites for hydroxylation is 1. The van der Waals surface area contributed by atoms with Crippen LogP contribution < -0.4 is 4.90 Å². The van der Waals surface area contributed by atoms with Crippen LogP contribution in [0.4, 0.5) is 5.69 Å². The molecule has 4 heterocycles. The molecule has 4 aliphatic heterocycles. The summed E-state index contributed by atoms with van der Waals surface area (Å²) in [7, 11) is 0. The molecule has 1 aromatic carbocycles. The van der Waals surface area contributed by atoms with E-state index in [-0.39, 0.29) is 31.6 Å². The molecule has 0 radical (unpaired) electrons. The lowest BCUT2D eigenvalue weighted by Crippen LogP contribution is -2.59. The van der Waals surface area contributed by atoms with Crippen LogP contribution in [0, 0.1) is 18.8 Å². The summed E-state index contributed by atoms with van der Waals surface area (Å²) in [6.07, 6.45) is 10.3. The predicted octanol–water partition coefficient (Wildman–Crippen LogP) is 3.58. The molecule has 2 amide bonds. The van der Waals surface area contributed by atoms with E-state index in [9.17, 15) is 19.5 Å². The molecule has 38 heavy (non-hydrogen) atoms. The number of benzene rings is 1. The summed E-state index contributed by atoms with van der Waals surface area (Å²) in [5, 5.41) is 10.7.